The number of fused-ring (bicyclic) bond motifs is 1. The van der Waals surface area contributed by atoms with Crippen molar-refractivity contribution in [3.63, 3.8) is 0 Å². The number of rotatable bonds is 4. The number of halogens is 2. The van der Waals surface area contributed by atoms with Crippen LogP contribution in [0.4, 0.5) is 4.39 Å². The van der Waals surface area contributed by atoms with Crippen molar-refractivity contribution in [3.05, 3.63) is 54.1 Å². The molecule has 0 aliphatic rings. The maximum atomic E-state index is 13.5. The fourth-order valence-electron chi connectivity index (χ4n) is 2.39. The molecule has 0 spiro atoms. The Morgan fingerprint density at radius 2 is 2.10 bits per heavy atom. The zero-order chi connectivity index (χ0) is 14.8. The first-order chi connectivity index (χ1) is 10.2. The number of methoxy groups -OCH3 is 1. The van der Waals surface area contributed by atoms with E-state index < -0.39 is 0 Å². The number of aryl methyl sites for hydroxylation is 1. The van der Waals surface area contributed by atoms with E-state index in [0.29, 0.717) is 12.3 Å². The van der Waals surface area contributed by atoms with Crippen molar-refractivity contribution < 1.29 is 9.13 Å². The highest BCUT2D eigenvalue weighted by Crippen LogP contribution is 2.26. The summed E-state index contributed by atoms with van der Waals surface area (Å²) in [6.45, 7) is 0. The van der Waals surface area contributed by atoms with Crippen molar-refractivity contribution in [2.24, 2.45) is 0 Å². The predicted molar refractivity (Wildman–Crippen MR) is 82.0 cm³/mol. The van der Waals surface area contributed by atoms with Gasteiger partial charge < -0.3 is 4.74 Å². The van der Waals surface area contributed by atoms with Gasteiger partial charge >= 0.3 is 0 Å². The molecular weight excluding hydrogens is 291 g/mol. The highest BCUT2D eigenvalue weighted by Gasteiger charge is 2.13. The average molecular weight is 305 g/mol. The maximum absolute atomic E-state index is 13.5. The molecule has 0 aliphatic heterocycles. The van der Waals surface area contributed by atoms with Gasteiger partial charge in [-0.15, -0.1) is 11.6 Å². The van der Waals surface area contributed by atoms with Crippen molar-refractivity contribution in [3.8, 4) is 11.4 Å². The van der Waals surface area contributed by atoms with Gasteiger partial charge in [0.15, 0.2) is 0 Å². The molecule has 1 heterocycles. The van der Waals surface area contributed by atoms with Crippen LogP contribution >= 0.6 is 11.6 Å². The lowest BCUT2D eigenvalue weighted by Crippen LogP contribution is -2.02. The van der Waals surface area contributed by atoms with Crippen molar-refractivity contribution in [2.75, 3.05) is 13.0 Å². The quantitative estimate of drug-likeness (QED) is 0.682. The molecule has 0 saturated heterocycles. The lowest BCUT2D eigenvalue weighted by Gasteiger charge is -2.09. The third-order valence-electron chi connectivity index (χ3n) is 3.32. The average Bonchev–Trinajstić information content (AvgIpc) is 2.84. The molecule has 0 radical (unpaired) electrons. The molecule has 3 rings (SSSR count). The number of hydrogen-bond donors (Lipinski definition) is 0. The maximum Gasteiger partial charge on any atom is 0.125 e. The Bertz CT molecular complexity index is 785. The second-order valence-electron chi connectivity index (χ2n) is 4.64. The zero-order valence-corrected chi connectivity index (χ0v) is 12.3. The second kappa shape index (κ2) is 5.74. The van der Waals surface area contributed by atoms with Crippen molar-refractivity contribution >= 4 is 22.6 Å². The van der Waals surface area contributed by atoms with Gasteiger partial charge in [-0.2, -0.15) is 0 Å². The minimum atomic E-state index is -0.278. The Balaban J connectivity index is 2.25. The summed E-state index contributed by atoms with van der Waals surface area (Å²) in [4.78, 5) is 4.59. The molecule has 0 atom stereocenters. The smallest absolute Gasteiger partial charge is 0.125 e. The van der Waals surface area contributed by atoms with Gasteiger partial charge in [-0.05, 0) is 30.3 Å². The van der Waals surface area contributed by atoms with Gasteiger partial charge in [0.1, 0.15) is 17.4 Å². The SMILES string of the molecule is COc1ccc2c(c1)nc(CCCl)n2-c1cccc(F)c1. The number of alkyl halides is 1. The Hall–Kier alpha value is -2.07. The van der Waals surface area contributed by atoms with Crippen LogP contribution in [0.3, 0.4) is 0 Å². The number of hydrogen-bond acceptors (Lipinski definition) is 2. The monoisotopic (exact) mass is 304 g/mol. The van der Waals surface area contributed by atoms with Crippen LogP contribution in [-0.4, -0.2) is 22.5 Å². The minimum absolute atomic E-state index is 0.278. The summed E-state index contributed by atoms with van der Waals surface area (Å²) in [7, 11) is 1.62. The Morgan fingerprint density at radius 1 is 1.24 bits per heavy atom. The molecule has 0 amide bonds. The summed E-state index contributed by atoms with van der Waals surface area (Å²) in [5, 5.41) is 0. The molecule has 0 unspecified atom stereocenters. The van der Waals surface area contributed by atoms with E-state index in [0.717, 1.165) is 28.3 Å². The van der Waals surface area contributed by atoms with Crippen LogP contribution in [0.15, 0.2) is 42.5 Å². The van der Waals surface area contributed by atoms with Gasteiger partial charge in [-0.1, -0.05) is 6.07 Å². The van der Waals surface area contributed by atoms with E-state index in [1.807, 2.05) is 28.8 Å². The van der Waals surface area contributed by atoms with E-state index in [1.165, 1.54) is 12.1 Å². The number of nitrogens with zero attached hydrogens (tertiary/aromatic N) is 2. The highest BCUT2D eigenvalue weighted by molar-refractivity contribution is 6.17. The van der Waals surface area contributed by atoms with Crippen LogP contribution in [0, 0.1) is 5.82 Å². The van der Waals surface area contributed by atoms with Crippen LogP contribution in [0.25, 0.3) is 16.7 Å². The standard InChI is InChI=1S/C16H14ClFN2O/c1-21-13-5-6-15-14(10-13)19-16(7-8-17)20(15)12-4-2-3-11(18)9-12/h2-6,9-10H,7-8H2,1H3. The fourth-order valence-corrected chi connectivity index (χ4v) is 2.56. The predicted octanol–water partition coefficient (Wildman–Crippen LogP) is 3.95. The van der Waals surface area contributed by atoms with Gasteiger partial charge in [-0.3, -0.25) is 4.57 Å². The molecule has 0 saturated carbocycles. The molecule has 2 aromatic carbocycles. The highest BCUT2D eigenvalue weighted by atomic mass is 35.5. The number of imidazole rings is 1. The molecule has 0 aliphatic carbocycles. The fraction of sp³-hybridized carbons (Fsp3) is 0.188. The van der Waals surface area contributed by atoms with E-state index in [9.17, 15) is 4.39 Å². The normalized spacial score (nSPS) is 11.0. The first kappa shape index (κ1) is 13.9. The van der Waals surface area contributed by atoms with Gasteiger partial charge in [0.25, 0.3) is 0 Å². The third kappa shape index (κ3) is 2.59. The van der Waals surface area contributed by atoms with E-state index >= 15 is 0 Å². The summed E-state index contributed by atoms with van der Waals surface area (Å²) >= 11 is 5.86. The number of aromatic nitrogens is 2. The molecule has 5 heteroatoms. The van der Waals surface area contributed by atoms with Crippen LogP contribution in [0.5, 0.6) is 5.75 Å². The van der Waals surface area contributed by atoms with Gasteiger partial charge in [-0.25, -0.2) is 9.37 Å². The Kier molecular flexibility index (Phi) is 3.80. The molecule has 0 bridgehead atoms. The lowest BCUT2D eigenvalue weighted by atomic mass is 10.2. The van der Waals surface area contributed by atoms with Crippen LogP contribution in [0.2, 0.25) is 0 Å². The Labute approximate surface area is 126 Å². The van der Waals surface area contributed by atoms with Crippen molar-refractivity contribution in [2.45, 2.75) is 6.42 Å². The number of benzene rings is 2. The summed E-state index contributed by atoms with van der Waals surface area (Å²) < 4.78 is 20.7. The summed E-state index contributed by atoms with van der Waals surface area (Å²) in [5.41, 5.74) is 2.45. The first-order valence-corrected chi connectivity index (χ1v) is 7.13. The van der Waals surface area contributed by atoms with E-state index in [4.69, 9.17) is 16.3 Å². The molecule has 0 fully saturated rings. The van der Waals surface area contributed by atoms with Crippen LogP contribution in [0.1, 0.15) is 5.82 Å². The summed E-state index contributed by atoms with van der Waals surface area (Å²) in [6, 6.07) is 12.1. The topological polar surface area (TPSA) is 27.1 Å². The van der Waals surface area contributed by atoms with Crippen LogP contribution in [-0.2, 0) is 6.42 Å². The minimum Gasteiger partial charge on any atom is -0.497 e. The van der Waals surface area contributed by atoms with E-state index in [-0.39, 0.29) is 5.82 Å². The Morgan fingerprint density at radius 3 is 2.81 bits per heavy atom. The van der Waals surface area contributed by atoms with Crippen molar-refractivity contribution in [1.29, 1.82) is 0 Å². The van der Waals surface area contributed by atoms with E-state index in [2.05, 4.69) is 4.98 Å². The summed E-state index contributed by atoms with van der Waals surface area (Å²) in [5.74, 6) is 1.72. The zero-order valence-electron chi connectivity index (χ0n) is 11.5. The molecule has 21 heavy (non-hydrogen) atoms. The molecule has 108 valence electrons. The lowest BCUT2D eigenvalue weighted by molar-refractivity contribution is 0.415. The van der Waals surface area contributed by atoms with Gasteiger partial charge in [0.05, 0.1) is 23.8 Å². The molecule has 1 aromatic heterocycles. The molecule has 0 N–H and O–H groups in total. The van der Waals surface area contributed by atoms with Gasteiger partial charge in [0, 0.05) is 18.4 Å². The van der Waals surface area contributed by atoms with Crippen molar-refractivity contribution in [1.82, 2.24) is 9.55 Å². The molecule has 3 nitrogen and oxygen atoms in total. The summed E-state index contributed by atoms with van der Waals surface area (Å²) in [6.07, 6.45) is 0.606. The molecule has 3 aromatic rings. The first-order valence-electron chi connectivity index (χ1n) is 6.60. The van der Waals surface area contributed by atoms with Crippen LogP contribution < -0.4 is 4.74 Å². The molecular formula is C16H14ClFN2O. The number of ether oxygens (including phenoxy) is 1. The van der Waals surface area contributed by atoms with E-state index in [1.54, 1.807) is 13.2 Å². The second-order valence-corrected chi connectivity index (χ2v) is 5.01. The third-order valence-corrected chi connectivity index (χ3v) is 3.50. The largest absolute Gasteiger partial charge is 0.497 e. The van der Waals surface area contributed by atoms with Gasteiger partial charge in [0.2, 0.25) is 0 Å².